The maximum absolute atomic E-state index is 6.32. The van der Waals surface area contributed by atoms with Gasteiger partial charge in [-0.2, -0.15) is 0 Å². The molecule has 1 aliphatic carbocycles. The van der Waals surface area contributed by atoms with Crippen LogP contribution in [0.2, 0.25) is 5.02 Å². The normalized spacial score (nSPS) is 10.7. The number of pyridine rings is 1. The molecule has 1 aromatic heterocycles. The van der Waals surface area contributed by atoms with Crippen LogP contribution in [0.25, 0.3) is 11.3 Å². The fourth-order valence-electron chi connectivity index (χ4n) is 7.03. The Kier molecular flexibility index (Phi) is 18.8. The highest BCUT2D eigenvalue weighted by molar-refractivity contribution is 8.28. The van der Waals surface area contributed by atoms with E-state index in [9.17, 15) is 0 Å². The Morgan fingerprint density at radius 2 is 0.872 bits per heavy atom. The summed E-state index contributed by atoms with van der Waals surface area (Å²) >= 11 is 5.98. The van der Waals surface area contributed by atoms with Crippen LogP contribution in [0.4, 0.5) is 0 Å². The van der Waals surface area contributed by atoms with Crippen LogP contribution in [0.3, 0.4) is 0 Å². The van der Waals surface area contributed by atoms with Gasteiger partial charge in [0.25, 0.3) is 0 Å². The predicted octanol–water partition coefficient (Wildman–Crippen LogP) is -8.69. The molecule has 1 heterocycles. The quantitative estimate of drug-likeness (QED) is 0.209. The summed E-state index contributed by atoms with van der Waals surface area (Å²) in [5.74, 6) is 0. The average Bonchev–Trinajstić information content (AvgIpc) is 2.95. The fraction of sp³-hybridized carbons (Fsp3) is 0.154. The Balaban J connectivity index is 0.000000416. The first-order valence-corrected chi connectivity index (χ1v) is 15.8. The molecule has 47 heavy (non-hydrogen) atoms. The molecule has 2 aromatic rings. The molecule has 0 unspecified atom stereocenters. The molecule has 0 atom stereocenters. The number of rotatable bonds is 14. The maximum atomic E-state index is 6.32. The molecule has 1 aromatic carbocycles. The zero-order valence-electron chi connectivity index (χ0n) is 26.7. The van der Waals surface area contributed by atoms with Crippen molar-refractivity contribution in [3.8, 4) is 11.3 Å². The first kappa shape index (κ1) is 43.9. The lowest BCUT2D eigenvalue weighted by atomic mass is 8.30. The third-order valence-electron chi connectivity index (χ3n) is 9.10. The highest BCUT2D eigenvalue weighted by atomic mass is 35.5. The van der Waals surface area contributed by atoms with Crippen molar-refractivity contribution in [3.05, 3.63) is 52.7 Å². The summed E-state index contributed by atoms with van der Waals surface area (Å²) in [5, 5.41) is 0.813. The number of fused-ring (bicyclic) bond motifs is 3. The number of hydrogen-bond donors (Lipinski definition) is 0. The first-order valence-electron chi connectivity index (χ1n) is 15.4. The lowest BCUT2D eigenvalue weighted by Crippen LogP contribution is -2.89. The van der Waals surface area contributed by atoms with E-state index in [1.54, 1.807) is 0 Å². The summed E-state index contributed by atoms with van der Waals surface area (Å²) in [6.45, 7) is 0. The van der Waals surface area contributed by atoms with Crippen molar-refractivity contribution in [1.82, 2.24) is 4.98 Å². The van der Waals surface area contributed by atoms with Gasteiger partial charge in [-0.15, -0.1) is 0 Å². The van der Waals surface area contributed by atoms with E-state index >= 15 is 0 Å². The van der Waals surface area contributed by atoms with Crippen LogP contribution < -0.4 is 0 Å². The monoisotopic (exact) mass is 567 g/mol. The number of halogens is 1. The molecule has 0 aliphatic heterocycles. The minimum atomic E-state index is -1.11. The van der Waals surface area contributed by atoms with Gasteiger partial charge in [0, 0.05) is 244 Å². The first-order chi connectivity index (χ1) is 21.8. The second kappa shape index (κ2) is 20.1. The van der Waals surface area contributed by atoms with E-state index in [1.165, 1.54) is 16.7 Å². The van der Waals surface area contributed by atoms with E-state index in [2.05, 4.69) is 23.2 Å². The van der Waals surface area contributed by atoms with E-state index < -0.39 is 95.8 Å². The van der Waals surface area contributed by atoms with Gasteiger partial charge in [0.1, 0.15) is 0 Å². The molecule has 34 radical (unpaired) electrons. The molecule has 0 saturated carbocycles. The van der Waals surface area contributed by atoms with Gasteiger partial charge in [-0.3, -0.25) is 4.98 Å². The Bertz CT molecular complexity index is 1180. The molecule has 1 aliphatic rings. The minimum Gasteiger partial charge on any atom is -0.256 e. The number of benzene rings is 1. The van der Waals surface area contributed by atoms with Crippen LogP contribution in [-0.2, 0) is 12.8 Å². The molecule has 0 saturated heterocycles. The van der Waals surface area contributed by atoms with E-state index in [1.807, 2.05) is 18.3 Å². The van der Waals surface area contributed by atoms with Crippen molar-refractivity contribution < 1.29 is 0 Å². The molecule has 34 heteroatoms. The fourth-order valence-corrected chi connectivity index (χ4v) is 7.22. The van der Waals surface area contributed by atoms with Crippen molar-refractivity contribution in [2.24, 2.45) is 0 Å². The second-order valence-electron chi connectivity index (χ2n) is 12.5. The van der Waals surface area contributed by atoms with Crippen molar-refractivity contribution in [2.45, 2.75) is 12.8 Å². The second-order valence-corrected chi connectivity index (χ2v) is 12.9. The molecule has 1 nitrogen and oxygen atoms in total. The number of aromatic nitrogens is 1. The lowest BCUT2D eigenvalue weighted by Gasteiger charge is -2.51. The maximum Gasteiger partial charge on any atom is 0.0736 e. The third kappa shape index (κ3) is 11.6. The Morgan fingerprint density at radius 3 is 1.28 bits per heavy atom. The zero-order valence-corrected chi connectivity index (χ0v) is 27.4. The molecule has 3 rings (SSSR count). The van der Waals surface area contributed by atoms with Gasteiger partial charge in [-0.05, 0) is 42.2 Å². The topological polar surface area (TPSA) is 12.9 Å². The van der Waals surface area contributed by atoms with Crippen LogP contribution in [0.1, 0.15) is 11.1 Å². The van der Waals surface area contributed by atoms with Gasteiger partial charge < -0.3 is 0 Å². The molecule has 0 spiro atoms. The summed E-state index contributed by atoms with van der Waals surface area (Å²) in [5.41, 5.74) is 5.01. The largest absolute Gasteiger partial charge is 0.256 e. The van der Waals surface area contributed by atoms with Gasteiger partial charge in [-0.1, -0.05) is 23.7 Å². The molecule has 0 fully saturated rings. The van der Waals surface area contributed by atoms with Crippen LogP contribution >= 0.6 is 11.6 Å². The molecular weight excluding hydrogens is 552 g/mol. The van der Waals surface area contributed by atoms with Crippen LogP contribution in [0, 0.1) is 0 Å². The highest BCUT2D eigenvalue weighted by Crippen LogP contribution is 2.33. The van der Waals surface area contributed by atoms with E-state index in [4.69, 9.17) is 143 Å². The van der Waals surface area contributed by atoms with Crippen molar-refractivity contribution >= 4 is 239 Å². The summed E-state index contributed by atoms with van der Waals surface area (Å²) in [6, 6.07) is 10.2. The van der Waals surface area contributed by atoms with Crippen LogP contribution in [0.15, 0.2) is 36.5 Å². The van der Waals surface area contributed by atoms with Crippen molar-refractivity contribution in [2.75, 3.05) is 0 Å². The number of nitrogens with zero attached hydrogens (tertiary/aromatic N) is 1. The molecule has 0 bridgehead atoms. The van der Waals surface area contributed by atoms with E-state index in [0.717, 1.165) is 23.6 Å². The molecule has 170 valence electrons. The number of aryl methyl sites for hydroxylation is 2. The Labute approximate surface area is 318 Å². The smallest absolute Gasteiger partial charge is 0.0736 e. The van der Waals surface area contributed by atoms with Crippen molar-refractivity contribution in [3.63, 3.8) is 0 Å². The van der Waals surface area contributed by atoms with Gasteiger partial charge >= 0.3 is 0 Å². The van der Waals surface area contributed by atoms with Gasteiger partial charge in [-0.25, -0.2) is 0 Å². The molecule has 0 N–H and O–H groups in total. The van der Waals surface area contributed by atoms with E-state index in [-0.39, 0.29) is 0 Å². The van der Waals surface area contributed by atoms with Crippen molar-refractivity contribution in [1.29, 1.82) is 0 Å². The Hall–Kier alpha value is 0.738. The summed E-state index contributed by atoms with van der Waals surface area (Å²) in [4.78, 5) is 4.45. The lowest BCUT2D eigenvalue weighted by molar-refractivity contribution is 0.927. The highest BCUT2D eigenvalue weighted by Gasteiger charge is 2.53. The molecular formula is C13H10B32ClN. The van der Waals surface area contributed by atoms with Crippen LogP contribution in [0.5, 0.6) is 0 Å². The minimum absolute atomic E-state index is 0.813. The summed E-state index contributed by atoms with van der Waals surface area (Å²) < 4.78 is 0. The van der Waals surface area contributed by atoms with Gasteiger partial charge in [0.2, 0.25) is 0 Å². The molecule has 0 amide bonds. The Morgan fingerprint density at radius 1 is 0.468 bits per heavy atom. The zero-order chi connectivity index (χ0) is 35.9. The standard InChI is InChI=1S/C13H10ClN.B32/c14-11-5-6-12-10(8-11)4-3-9-2-1-7-15-13(9)12;1-18(2)26(17)30(25(15)16)32(29(23(11)12)24(13)14)31(27(19(3)4)20(5)6)28(21(7)8)22(9)10/h1-2,5-8H,3-4H2;. The number of hydrogen-bond acceptors (Lipinski definition) is 1. The summed E-state index contributed by atoms with van der Waals surface area (Å²) in [6.07, 6.45) is -11.2. The van der Waals surface area contributed by atoms with E-state index in [0.29, 0.717) is 0 Å². The van der Waals surface area contributed by atoms with Gasteiger partial charge in [0.05, 0.1) is 5.69 Å². The van der Waals surface area contributed by atoms with Gasteiger partial charge in [0.15, 0.2) is 0 Å². The van der Waals surface area contributed by atoms with Crippen LogP contribution in [-0.4, -0.2) is 232 Å². The average molecular weight is 562 g/mol. The third-order valence-corrected chi connectivity index (χ3v) is 9.33. The SMILES string of the molecule is Clc1ccc2c(c1)CCc1cccnc1-2.[B]B([B])B([B])B(B([B])[B])B(B(B([B])[B])B([B])[B])B(B(B([B])[B])B([B])[B])B(B([B])[B])B([B])[B]. The summed E-state index contributed by atoms with van der Waals surface area (Å²) in [7, 11) is 103. The predicted molar refractivity (Wildman–Crippen MR) is 246 cm³/mol.